The highest BCUT2D eigenvalue weighted by Gasteiger charge is 2.19. The predicted molar refractivity (Wildman–Crippen MR) is 113 cm³/mol. The Morgan fingerprint density at radius 1 is 1.17 bits per heavy atom. The molecule has 0 saturated carbocycles. The van der Waals surface area contributed by atoms with Gasteiger partial charge in [-0.15, -0.1) is 5.10 Å². The number of carbonyl (C=O) groups excluding carboxylic acids is 1. The van der Waals surface area contributed by atoms with Gasteiger partial charge in [0.05, 0.1) is 12.6 Å². The van der Waals surface area contributed by atoms with Crippen LogP contribution in [-0.4, -0.2) is 44.6 Å². The molecule has 3 aromatic rings. The highest BCUT2D eigenvalue weighted by atomic mass is 32.2. The molecule has 0 unspecified atom stereocenters. The maximum atomic E-state index is 12.5. The SMILES string of the molecule is O=C(CCSc1nnnn1C[C@@H]1CCCO1)Nc1ccccc1-c1ccccc1. The topological polar surface area (TPSA) is 81.9 Å². The third-order valence-corrected chi connectivity index (χ3v) is 5.70. The molecule has 7 nitrogen and oxygen atoms in total. The Kier molecular flexibility index (Phi) is 6.53. The molecule has 1 atom stereocenters. The van der Waals surface area contributed by atoms with Crippen molar-refractivity contribution in [2.75, 3.05) is 17.7 Å². The van der Waals surface area contributed by atoms with Crippen molar-refractivity contribution in [1.82, 2.24) is 20.2 Å². The van der Waals surface area contributed by atoms with Crippen LogP contribution in [0, 0.1) is 0 Å². The summed E-state index contributed by atoms with van der Waals surface area (Å²) in [4.78, 5) is 12.5. The quantitative estimate of drug-likeness (QED) is 0.572. The van der Waals surface area contributed by atoms with Crippen LogP contribution in [0.15, 0.2) is 59.8 Å². The molecule has 0 radical (unpaired) electrons. The van der Waals surface area contributed by atoms with E-state index in [1.165, 1.54) is 11.8 Å². The molecule has 1 N–H and O–H groups in total. The zero-order valence-corrected chi connectivity index (χ0v) is 16.8. The summed E-state index contributed by atoms with van der Waals surface area (Å²) in [6.07, 6.45) is 2.67. The third-order valence-electron chi connectivity index (χ3n) is 4.75. The van der Waals surface area contributed by atoms with E-state index in [9.17, 15) is 4.79 Å². The number of thioether (sulfide) groups is 1. The highest BCUT2D eigenvalue weighted by molar-refractivity contribution is 7.99. The molecular weight excluding hydrogens is 386 g/mol. The molecule has 0 bridgehead atoms. The van der Waals surface area contributed by atoms with Gasteiger partial charge in [-0.05, 0) is 34.9 Å². The van der Waals surface area contributed by atoms with E-state index < -0.39 is 0 Å². The van der Waals surface area contributed by atoms with Gasteiger partial charge < -0.3 is 10.1 Å². The van der Waals surface area contributed by atoms with E-state index in [1.807, 2.05) is 54.6 Å². The average Bonchev–Trinajstić information content (AvgIpc) is 3.42. The number of hydrogen-bond donors (Lipinski definition) is 1. The van der Waals surface area contributed by atoms with Crippen LogP contribution in [0.2, 0.25) is 0 Å². The molecule has 1 saturated heterocycles. The number of amides is 1. The number of anilines is 1. The maximum Gasteiger partial charge on any atom is 0.225 e. The molecule has 4 rings (SSSR count). The first-order valence-corrected chi connectivity index (χ1v) is 10.7. The Morgan fingerprint density at radius 2 is 2.00 bits per heavy atom. The fourth-order valence-electron chi connectivity index (χ4n) is 3.30. The van der Waals surface area contributed by atoms with Gasteiger partial charge in [0, 0.05) is 30.0 Å². The average molecular weight is 410 g/mol. The summed E-state index contributed by atoms with van der Waals surface area (Å²) in [6, 6.07) is 17.9. The second kappa shape index (κ2) is 9.67. The molecule has 1 aliphatic rings. The van der Waals surface area contributed by atoms with E-state index in [4.69, 9.17) is 4.74 Å². The van der Waals surface area contributed by atoms with E-state index in [2.05, 4.69) is 20.8 Å². The summed E-state index contributed by atoms with van der Waals surface area (Å²) in [5, 5.41) is 15.6. The van der Waals surface area contributed by atoms with Crippen LogP contribution in [-0.2, 0) is 16.1 Å². The first kappa shape index (κ1) is 19.6. The number of carbonyl (C=O) groups is 1. The summed E-state index contributed by atoms with van der Waals surface area (Å²) < 4.78 is 7.42. The summed E-state index contributed by atoms with van der Waals surface area (Å²) in [6.45, 7) is 1.46. The normalized spacial score (nSPS) is 16.1. The van der Waals surface area contributed by atoms with Gasteiger partial charge in [0.1, 0.15) is 0 Å². The van der Waals surface area contributed by atoms with Crippen LogP contribution in [0.25, 0.3) is 11.1 Å². The van der Waals surface area contributed by atoms with Crippen molar-refractivity contribution in [2.24, 2.45) is 0 Å². The first-order chi connectivity index (χ1) is 14.3. The van der Waals surface area contributed by atoms with Gasteiger partial charge in [-0.2, -0.15) is 0 Å². The molecule has 2 aromatic carbocycles. The van der Waals surface area contributed by atoms with Crippen molar-refractivity contribution in [3.05, 3.63) is 54.6 Å². The number of nitrogens with one attached hydrogen (secondary N) is 1. The fraction of sp³-hybridized carbons (Fsp3) is 0.333. The molecule has 29 heavy (non-hydrogen) atoms. The van der Waals surface area contributed by atoms with E-state index in [0.29, 0.717) is 18.7 Å². The lowest BCUT2D eigenvalue weighted by Gasteiger charge is -2.12. The van der Waals surface area contributed by atoms with Crippen LogP contribution in [0.3, 0.4) is 0 Å². The number of rotatable bonds is 8. The summed E-state index contributed by atoms with van der Waals surface area (Å²) in [5.41, 5.74) is 2.90. The predicted octanol–water partition coefficient (Wildman–Crippen LogP) is 3.64. The minimum Gasteiger partial charge on any atom is -0.376 e. The Balaban J connectivity index is 1.31. The van der Waals surface area contributed by atoms with E-state index in [1.54, 1.807) is 4.68 Å². The summed E-state index contributed by atoms with van der Waals surface area (Å²) in [7, 11) is 0. The molecule has 0 aliphatic carbocycles. The number of benzene rings is 2. The van der Waals surface area contributed by atoms with Crippen LogP contribution >= 0.6 is 11.8 Å². The molecule has 8 heteroatoms. The van der Waals surface area contributed by atoms with Crippen molar-refractivity contribution in [1.29, 1.82) is 0 Å². The number of nitrogens with zero attached hydrogens (tertiary/aromatic N) is 4. The molecule has 1 aliphatic heterocycles. The molecule has 1 amide bonds. The van der Waals surface area contributed by atoms with Crippen molar-refractivity contribution in [2.45, 2.75) is 37.1 Å². The van der Waals surface area contributed by atoms with Gasteiger partial charge in [-0.1, -0.05) is 60.3 Å². The zero-order valence-electron chi connectivity index (χ0n) is 16.0. The van der Waals surface area contributed by atoms with Crippen LogP contribution < -0.4 is 5.32 Å². The van der Waals surface area contributed by atoms with Crippen molar-refractivity contribution >= 4 is 23.4 Å². The third kappa shape index (κ3) is 5.21. The zero-order chi connectivity index (χ0) is 19.9. The van der Waals surface area contributed by atoms with Gasteiger partial charge in [-0.25, -0.2) is 4.68 Å². The maximum absolute atomic E-state index is 12.5. The lowest BCUT2D eigenvalue weighted by Crippen LogP contribution is -2.17. The standard InChI is InChI=1S/C21H23N5O2S/c27-20(22-19-11-5-4-10-18(19)16-7-2-1-3-8-16)12-14-29-21-23-24-25-26(21)15-17-9-6-13-28-17/h1-5,7-8,10-11,17H,6,9,12-15H2,(H,22,27)/t17-/m0/s1. The second-order valence-corrected chi connectivity index (χ2v) is 7.90. The smallest absolute Gasteiger partial charge is 0.225 e. The van der Waals surface area contributed by atoms with Crippen molar-refractivity contribution in [3.8, 4) is 11.1 Å². The second-order valence-electron chi connectivity index (χ2n) is 6.84. The largest absolute Gasteiger partial charge is 0.376 e. The van der Waals surface area contributed by atoms with Gasteiger partial charge in [0.25, 0.3) is 0 Å². The van der Waals surface area contributed by atoms with Gasteiger partial charge in [-0.3, -0.25) is 4.79 Å². The van der Waals surface area contributed by atoms with E-state index in [0.717, 1.165) is 41.4 Å². The number of tetrazole rings is 1. The number of para-hydroxylation sites is 1. The molecule has 2 heterocycles. The first-order valence-electron chi connectivity index (χ1n) is 9.74. The van der Waals surface area contributed by atoms with Crippen LogP contribution in [0.4, 0.5) is 5.69 Å². The number of aromatic nitrogens is 4. The number of ether oxygens (including phenoxy) is 1. The fourth-order valence-corrected chi connectivity index (χ4v) is 4.13. The molecule has 1 fully saturated rings. The summed E-state index contributed by atoms with van der Waals surface area (Å²) in [5.74, 6) is 0.574. The molecular formula is C21H23N5O2S. The number of hydrogen-bond acceptors (Lipinski definition) is 6. The minimum atomic E-state index is -0.0287. The molecule has 0 spiro atoms. The Hall–Kier alpha value is -2.71. The van der Waals surface area contributed by atoms with E-state index >= 15 is 0 Å². The summed E-state index contributed by atoms with van der Waals surface area (Å²) >= 11 is 1.49. The van der Waals surface area contributed by atoms with Gasteiger partial charge in [0.15, 0.2) is 0 Å². The van der Waals surface area contributed by atoms with Crippen molar-refractivity contribution < 1.29 is 9.53 Å². The van der Waals surface area contributed by atoms with Crippen molar-refractivity contribution in [3.63, 3.8) is 0 Å². The molecule has 1 aromatic heterocycles. The minimum absolute atomic E-state index is 0.0287. The van der Waals surface area contributed by atoms with Crippen LogP contribution in [0.5, 0.6) is 0 Å². The lowest BCUT2D eigenvalue weighted by atomic mass is 10.0. The monoisotopic (exact) mass is 409 g/mol. The van der Waals surface area contributed by atoms with Crippen LogP contribution in [0.1, 0.15) is 19.3 Å². The Morgan fingerprint density at radius 3 is 2.83 bits per heavy atom. The Bertz CT molecular complexity index is 941. The lowest BCUT2D eigenvalue weighted by molar-refractivity contribution is -0.115. The highest BCUT2D eigenvalue weighted by Crippen LogP contribution is 2.28. The van der Waals surface area contributed by atoms with Gasteiger partial charge >= 0.3 is 0 Å². The van der Waals surface area contributed by atoms with Gasteiger partial charge in [0.2, 0.25) is 11.1 Å². The molecule has 150 valence electrons. The Labute approximate surface area is 173 Å². The van der Waals surface area contributed by atoms with E-state index in [-0.39, 0.29) is 12.0 Å².